The third-order valence-electron chi connectivity index (χ3n) is 25.7. The molecular formula is C107H96Cl8N10O17. The highest BCUT2D eigenvalue weighted by molar-refractivity contribution is 6.42. The van der Waals surface area contributed by atoms with E-state index >= 15 is 0 Å². The molecule has 0 radical (unpaired) electrons. The van der Waals surface area contributed by atoms with Crippen molar-refractivity contribution in [3.8, 4) is 40.2 Å². The van der Waals surface area contributed by atoms with Gasteiger partial charge in [-0.25, -0.2) is 0 Å². The van der Waals surface area contributed by atoms with Crippen molar-refractivity contribution in [2.45, 2.75) is 160 Å². The van der Waals surface area contributed by atoms with Gasteiger partial charge in [0.05, 0.1) is 67.0 Å². The SMILES string of the molecule is C=C1CCC(N2Cc3c(OCc4c(Cl)cc(Cl)cc4Cl)cccc3C2=O)C(=O)N1.C=C1CCC(N2Cc3c(OCc4cc(Cl)ccc4Cl)cccc3C2=O)C(=O)N1.C=C1CCC(N2Cc3c(OCc4ccc(OC)c(OC)c4)cccc3C2=O)C(=O)N1.C=C1CCC(N2Cc3c(OCc4cccc(Cl)c4Cl)cccc3C2=O)C(=O)N1.C=C1CCC(N2Cc3c(OCc4ccccc4Cl)cccc3C2=O)C(=O)N1. The number of ether oxygens (including phenoxy) is 7. The monoisotopic (exact) mass is 2070 g/mol. The van der Waals surface area contributed by atoms with Crippen molar-refractivity contribution in [3.63, 3.8) is 0 Å². The first-order valence-electron chi connectivity index (χ1n) is 45.5. The zero-order chi connectivity index (χ0) is 101. The van der Waals surface area contributed by atoms with Gasteiger partial charge in [-0.05, 0) is 185 Å². The number of hydrogen-bond donors (Lipinski definition) is 5. The van der Waals surface area contributed by atoms with Crippen LogP contribution in [0.1, 0.15) is 172 Å². The molecule has 5 saturated heterocycles. The fourth-order valence-corrected chi connectivity index (χ4v) is 20.1. The molecule has 5 N–H and O–H groups in total. The minimum Gasteiger partial charge on any atom is -0.493 e. The number of carbonyl (C=O) groups excluding carboxylic acids is 10. The molecule has 5 unspecified atom stereocenters. The molecule has 35 heteroatoms. The lowest BCUT2D eigenvalue weighted by Gasteiger charge is -2.31. The summed E-state index contributed by atoms with van der Waals surface area (Å²) in [4.78, 5) is 134. The molecule has 10 aliphatic heterocycles. The molecule has 10 heterocycles. The Labute approximate surface area is 859 Å². The Balaban J connectivity index is 0.000000128. The van der Waals surface area contributed by atoms with Gasteiger partial charge in [0, 0.05) is 126 Å². The van der Waals surface area contributed by atoms with Gasteiger partial charge in [0.1, 0.15) is 92.0 Å². The minimum atomic E-state index is -0.520. The summed E-state index contributed by atoms with van der Waals surface area (Å²) in [6, 6.07) is 51.2. The molecule has 0 bridgehead atoms. The summed E-state index contributed by atoms with van der Waals surface area (Å²) in [5.41, 5.74) is 14.1. The molecule has 0 saturated carbocycles. The lowest BCUT2D eigenvalue weighted by atomic mass is 10.0. The number of rotatable bonds is 22. The van der Waals surface area contributed by atoms with E-state index in [0.717, 1.165) is 50.1 Å². The first-order chi connectivity index (χ1) is 68.3. The molecule has 10 aliphatic rings. The second kappa shape index (κ2) is 44.8. The Kier molecular flexibility index (Phi) is 32.0. The third-order valence-corrected chi connectivity index (χ3v) is 28.4. The van der Waals surface area contributed by atoms with Crippen LogP contribution in [0.25, 0.3) is 0 Å². The van der Waals surface area contributed by atoms with Crippen LogP contribution in [-0.4, -0.2) is 128 Å². The van der Waals surface area contributed by atoms with Gasteiger partial charge < -0.3 is 84.2 Å². The number of amides is 10. The molecule has 5 fully saturated rings. The number of nitrogens with one attached hydrogen (secondary N) is 5. The second-order valence-electron chi connectivity index (χ2n) is 34.8. The highest BCUT2D eigenvalue weighted by atomic mass is 35.5. The van der Waals surface area contributed by atoms with Crippen molar-refractivity contribution >= 4 is 152 Å². The summed E-state index contributed by atoms with van der Waals surface area (Å²) >= 11 is 49.1. The predicted molar refractivity (Wildman–Crippen MR) is 540 cm³/mol. The standard InChI is InChI=1S/C23H24N2O5.C21H17Cl3N2O3.2C21H18Cl2N2O3.C21H19ClN2O3/c1-14-7-9-18(22(26)24-14)25-12-17-16(23(25)27)5-4-6-19(17)30-13-15-8-10-20(28-2)21(11-15)29-3;1-11-5-6-18(20(27)25-11)26-9-14-13(21(26)28)3-2-4-19(14)29-10-15-16(23)7-12(22)8-17(15)24;1-12-8-9-17(20(26)24-12)25-10-15-14(21(25)27)5-3-7-18(15)28-11-13-4-2-6-16(22)19(13)23;1-12-5-8-18(20(26)24-12)25-10-16-15(21(25)27)3-2-4-19(16)28-11-13-9-14(22)6-7-17(13)23;1-13-9-10-18(20(25)23-13)24-11-16-15(21(24)26)6-4-8-19(16)27-12-14-5-2-3-7-17(14)22/h4-6,8,10-11,18H,1,7,9,12-13H2,2-3H3,(H,24,26);2-4,7-8,18H,1,5-6,9-10H2,(H,25,27);2-7,17H,1,8-11H2,(H,24,26);2-4,6-7,9,18H,1,5,8,10-11H2,(H,24,26);2-8,18H,1,9-12H2,(H,23,25). The van der Waals surface area contributed by atoms with E-state index < -0.39 is 30.2 Å². The maximum atomic E-state index is 12.9. The van der Waals surface area contributed by atoms with Crippen molar-refractivity contribution < 1.29 is 81.1 Å². The average Bonchev–Trinajstić information content (AvgIpc) is 1.64. The summed E-state index contributed by atoms with van der Waals surface area (Å²) in [7, 11) is 3.18. The summed E-state index contributed by atoms with van der Waals surface area (Å²) in [5, 5.41) is 17.7. The quantitative estimate of drug-likeness (QED) is 0.0421. The maximum Gasteiger partial charge on any atom is 0.255 e. The Morgan fingerprint density at radius 3 is 0.930 bits per heavy atom. The van der Waals surface area contributed by atoms with E-state index in [0.29, 0.717) is 252 Å². The summed E-state index contributed by atoms with van der Waals surface area (Å²) in [6.45, 7) is 21.8. The number of fused-ring (bicyclic) bond motifs is 5. The van der Waals surface area contributed by atoms with Gasteiger partial charge in [-0.1, -0.05) is 192 Å². The van der Waals surface area contributed by atoms with Gasteiger partial charge in [0.15, 0.2) is 11.5 Å². The molecule has 27 nitrogen and oxygen atoms in total. The van der Waals surface area contributed by atoms with Crippen LogP contribution >= 0.6 is 92.8 Å². The molecule has 142 heavy (non-hydrogen) atoms. The molecule has 0 aliphatic carbocycles. The van der Waals surface area contributed by atoms with Crippen LogP contribution in [-0.2, 0) is 89.7 Å². The lowest BCUT2D eigenvalue weighted by molar-refractivity contribution is -0.127. The Hall–Kier alpha value is -13.5. The van der Waals surface area contributed by atoms with Crippen molar-refractivity contribution in [2.75, 3.05) is 14.2 Å². The average molecular weight is 2080 g/mol. The van der Waals surface area contributed by atoms with E-state index in [-0.39, 0.29) is 78.9 Å². The number of hydrogen-bond acceptors (Lipinski definition) is 17. The van der Waals surface area contributed by atoms with Crippen LogP contribution < -0.4 is 59.7 Å². The van der Waals surface area contributed by atoms with Gasteiger partial charge in [0.25, 0.3) is 29.5 Å². The first kappa shape index (κ1) is 101. The van der Waals surface area contributed by atoms with Crippen LogP contribution in [0.15, 0.2) is 243 Å². The molecule has 0 spiro atoms. The first-order valence-corrected chi connectivity index (χ1v) is 48.5. The van der Waals surface area contributed by atoms with Crippen molar-refractivity contribution in [3.05, 3.63) is 367 Å². The molecule has 5 atom stereocenters. The number of methoxy groups -OCH3 is 2. The molecule has 10 aromatic carbocycles. The fraction of sp³-hybridized carbons (Fsp3) is 0.252. The van der Waals surface area contributed by atoms with Gasteiger partial charge in [-0.3, -0.25) is 47.9 Å². The van der Waals surface area contributed by atoms with Gasteiger partial charge in [0.2, 0.25) is 29.5 Å². The smallest absolute Gasteiger partial charge is 0.255 e. The number of allylic oxidation sites excluding steroid dienone is 5. The molecule has 10 aromatic rings. The number of piperidine rings is 5. The van der Waals surface area contributed by atoms with E-state index in [4.69, 9.17) is 126 Å². The number of halogens is 8. The van der Waals surface area contributed by atoms with E-state index in [1.54, 1.807) is 142 Å². The van der Waals surface area contributed by atoms with E-state index in [2.05, 4.69) is 59.5 Å². The molecular weight excluding hydrogens is 1980 g/mol. The topological polar surface area (TPSA) is 312 Å². The summed E-state index contributed by atoms with van der Waals surface area (Å²) < 4.78 is 40.5. The van der Waals surface area contributed by atoms with Crippen molar-refractivity contribution in [1.29, 1.82) is 0 Å². The van der Waals surface area contributed by atoms with Gasteiger partial charge >= 0.3 is 0 Å². The normalized spacial score (nSPS) is 18.7. The fourth-order valence-electron chi connectivity index (χ4n) is 18.2. The Morgan fingerprint density at radius 1 is 0.282 bits per heavy atom. The molecule has 20 rings (SSSR count). The minimum absolute atomic E-state index is 0.128. The number of carbonyl (C=O) groups is 10. The third kappa shape index (κ3) is 22.5. The molecule has 0 aromatic heterocycles. The van der Waals surface area contributed by atoms with Crippen LogP contribution in [0.5, 0.6) is 40.2 Å². The molecule has 10 amide bonds. The summed E-state index contributed by atoms with van der Waals surface area (Å²) in [6.07, 6.45) is 6.15. The Morgan fingerprint density at radius 2 is 0.585 bits per heavy atom. The largest absolute Gasteiger partial charge is 0.493 e. The lowest BCUT2D eigenvalue weighted by Crippen LogP contribution is -2.49. The highest BCUT2D eigenvalue weighted by Gasteiger charge is 2.46. The van der Waals surface area contributed by atoms with Crippen LogP contribution in [0, 0.1) is 0 Å². The number of benzene rings is 10. The van der Waals surface area contributed by atoms with E-state index in [1.165, 1.54) is 0 Å². The van der Waals surface area contributed by atoms with E-state index in [9.17, 15) is 47.9 Å². The maximum absolute atomic E-state index is 12.9. The van der Waals surface area contributed by atoms with Crippen LogP contribution in [0.3, 0.4) is 0 Å². The van der Waals surface area contributed by atoms with E-state index in [1.807, 2.05) is 78.9 Å². The summed E-state index contributed by atoms with van der Waals surface area (Å²) in [5.74, 6) is 2.60. The van der Waals surface area contributed by atoms with Crippen molar-refractivity contribution in [2.24, 2.45) is 0 Å². The second-order valence-corrected chi connectivity index (χ2v) is 38.1. The van der Waals surface area contributed by atoms with Gasteiger partial charge in [-0.15, -0.1) is 0 Å². The molecule has 732 valence electrons. The Bertz CT molecular complexity index is 6700. The zero-order valence-electron chi connectivity index (χ0n) is 77.1. The zero-order valence-corrected chi connectivity index (χ0v) is 83.1. The van der Waals surface area contributed by atoms with Crippen molar-refractivity contribution in [1.82, 2.24) is 51.1 Å². The highest BCUT2D eigenvalue weighted by Crippen LogP contribution is 2.44. The van der Waals surface area contributed by atoms with Crippen LogP contribution in [0.2, 0.25) is 40.2 Å². The number of nitrogens with zero attached hydrogens (tertiary/aromatic N) is 5. The van der Waals surface area contributed by atoms with Gasteiger partial charge in [-0.2, -0.15) is 0 Å². The predicted octanol–water partition coefficient (Wildman–Crippen LogP) is 20.3. The van der Waals surface area contributed by atoms with Crippen LogP contribution in [0.4, 0.5) is 0 Å².